The predicted molar refractivity (Wildman–Crippen MR) is 63.8 cm³/mol. The van der Waals surface area contributed by atoms with E-state index in [4.69, 9.17) is 0 Å². The highest BCUT2D eigenvalue weighted by atomic mass is 16.2. The van der Waals surface area contributed by atoms with Crippen LogP contribution in [0.3, 0.4) is 0 Å². The van der Waals surface area contributed by atoms with Crippen molar-refractivity contribution < 1.29 is 4.79 Å². The highest BCUT2D eigenvalue weighted by molar-refractivity contribution is 5.76. The maximum Gasteiger partial charge on any atom is 0.329 e. The van der Waals surface area contributed by atoms with Crippen LogP contribution in [0.15, 0.2) is 18.7 Å². The number of carbonyl (C=O) groups excluding carboxylic acids is 1. The fourth-order valence-corrected chi connectivity index (χ4v) is 2.92. The first kappa shape index (κ1) is 10.8. The van der Waals surface area contributed by atoms with Gasteiger partial charge in [-0.05, 0) is 25.8 Å². The molecule has 0 aliphatic carbocycles. The van der Waals surface area contributed by atoms with Gasteiger partial charge in [0, 0.05) is 38.1 Å². The number of imidazole rings is 1. The monoisotopic (exact) mass is 234 g/mol. The molecule has 5 nitrogen and oxygen atoms in total. The molecule has 17 heavy (non-hydrogen) atoms. The lowest BCUT2D eigenvalue weighted by Crippen LogP contribution is -2.41. The topological polar surface area (TPSA) is 41.4 Å². The van der Waals surface area contributed by atoms with Gasteiger partial charge < -0.3 is 4.90 Å². The average molecular weight is 234 g/mol. The van der Waals surface area contributed by atoms with Gasteiger partial charge in [0.15, 0.2) is 0 Å². The van der Waals surface area contributed by atoms with Crippen LogP contribution < -0.4 is 0 Å². The molecule has 0 spiro atoms. The quantitative estimate of drug-likeness (QED) is 0.673. The summed E-state index contributed by atoms with van der Waals surface area (Å²) in [5.74, 6) is 0. The third-order valence-electron chi connectivity index (χ3n) is 3.80. The van der Waals surface area contributed by atoms with E-state index >= 15 is 0 Å². The van der Waals surface area contributed by atoms with E-state index in [1.807, 2.05) is 4.90 Å². The summed E-state index contributed by atoms with van der Waals surface area (Å²) in [6, 6.07) is 0.640. The first-order valence-corrected chi connectivity index (χ1v) is 6.36. The molecular formula is C12H18N4O. The zero-order valence-electron chi connectivity index (χ0n) is 9.96. The van der Waals surface area contributed by atoms with Gasteiger partial charge in [0.2, 0.25) is 0 Å². The largest absolute Gasteiger partial charge is 0.329 e. The Labute approximate surface area is 101 Å². The Morgan fingerprint density at radius 3 is 2.94 bits per heavy atom. The van der Waals surface area contributed by atoms with E-state index < -0.39 is 0 Å². The van der Waals surface area contributed by atoms with E-state index in [0.29, 0.717) is 6.04 Å². The Morgan fingerprint density at radius 2 is 2.12 bits per heavy atom. The van der Waals surface area contributed by atoms with Crippen LogP contribution in [0.1, 0.15) is 19.3 Å². The molecule has 0 aromatic carbocycles. The molecule has 2 aliphatic rings. The smallest absolute Gasteiger partial charge is 0.322 e. The van der Waals surface area contributed by atoms with Crippen molar-refractivity contribution in [3.8, 4) is 0 Å². The lowest BCUT2D eigenvalue weighted by molar-refractivity contribution is 0.190. The number of fused-ring (bicyclic) bond motifs is 1. The van der Waals surface area contributed by atoms with E-state index in [1.165, 1.54) is 19.4 Å². The molecule has 92 valence electrons. The zero-order valence-corrected chi connectivity index (χ0v) is 9.96. The predicted octanol–water partition coefficient (Wildman–Crippen LogP) is 1.02. The highest BCUT2D eigenvalue weighted by Crippen LogP contribution is 2.21. The summed E-state index contributed by atoms with van der Waals surface area (Å²) in [7, 11) is 0. The Morgan fingerprint density at radius 1 is 1.24 bits per heavy atom. The van der Waals surface area contributed by atoms with Crippen LogP contribution in [0.4, 0.5) is 4.79 Å². The fourth-order valence-electron chi connectivity index (χ4n) is 2.92. The van der Waals surface area contributed by atoms with E-state index in [9.17, 15) is 4.79 Å². The lowest BCUT2D eigenvalue weighted by Gasteiger charge is -2.25. The molecule has 1 amide bonds. The van der Waals surface area contributed by atoms with Crippen molar-refractivity contribution in [1.29, 1.82) is 0 Å². The van der Waals surface area contributed by atoms with E-state index in [1.54, 1.807) is 23.3 Å². The van der Waals surface area contributed by atoms with E-state index in [0.717, 1.165) is 26.1 Å². The van der Waals surface area contributed by atoms with Crippen molar-refractivity contribution in [3.63, 3.8) is 0 Å². The average Bonchev–Trinajstić information content (AvgIpc) is 2.96. The Kier molecular flexibility index (Phi) is 2.84. The Hall–Kier alpha value is -1.36. The third kappa shape index (κ3) is 2.07. The molecule has 2 aliphatic heterocycles. The molecule has 3 rings (SSSR count). The Bertz CT molecular complexity index is 389. The van der Waals surface area contributed by atoms with Gasteiger partial charge in [-0.3, -0.25) is 9.47 Å². The third-order valence-corrected chi connectivity index (χ3v) is 3.80. The number of hydrogen-bond donors (Lipinski definition) is 0. The van der Waals surface area contributed by atoms with Crippen LogP contribution in [0.5, 0.6) is 0 Å². The number of hydrogen-bond acceptors (Lipinski definition) is 3. The summed E-state index contributed by atoms with van der Waals surface area (Å²) in [5.41, 5.74) is 0. The first-order valence-electron chi connectivity index (χ1n) is 6.36. The van der Waals surface area contributed by atoms with Crippen LogP contribution in [0.2, 0.25) is 0 Å². The van der Waals surface area contributed by atoms with Gasteiger partial charge in [0.05, 0.1) is 0 Å². The number of rotatable bonds is 0. The summed E-state index contributed by atoms with van der Waals surface area (Å²) in [5, 5.41) is 0. The molecule has 5 heteroatoms. The van der Waals surface area contributed by atoms with Gasteiger partial charge >= 0.3 is 6.03 Å². The van der Waals surface area contributed by atoms with Gasteiger partial charge in [-0.25, -0.2) is 9.78 Å². The van der Waals surface area contributed by atoms with Crippen LogP contribution in [-0.4, -0.2) is 57.6 Å². The second-order valence-electron chi connectivity index (χ2n) is 4.88. The minimum atomic E-state index is 0.0660. The van der Waals surface area contributed by atoms with Crippen LogP contribution >= 0.6 is 0 Å². The van der Waals surface area contributed by atoms with Crippen LogP contribution in [0, 0.1) is 0 Å². The maximum absolute atomic E-state index is 12.2. The molecule has 3 heterocycles. The molecule has 0 saturated carbocycles. The van der Waals surface area contributed by atoms with Crippen molar-refractivity contribution in [2.75, 3.05) is 26.2 Å². The molecule has 0 N–H and O–H groups in total. The second-order valence-corrected chi connectivity index (χ2v) is 4.88. The van der Waals surface area contributed by atoms with Crippen LogP contribution in [0.25, 0.3) is 0 Å². The Balaban J connectivity index is 1.72. The second kappa shape index (κ2) is 4.49. The van der Waals surface area contributed by atoms with Crippen LogP contribution in [-0.2, 0) is 0 Å². The normalized spacial score (nSPS) is 25.6. The molecule has 0 radical (unpaired) electrons. The molecule has 1 atom stereocenters. The van der Waals surface area contributed by atoms with Crippen molar-refractivity contribution >= 4 is 6.03 Å². The van der Waals surface area contributed by atoms with Crippen molar-refractivity contribution in [3.05, 3.63) is 18.7 Å². The molecule has 2 saturated heterocycles. The van der Waals surface area contributed by atoms with Gasteiger partial charge in [-0.1, -0.05) is 0 Å². The summed E-state index contributed by atoms with van der Waals surface area (Å²) < 4.78 is 1.57. The van der Waals surface area contributed by atoms with Gasteiger partial charge in [-0.2, -0.15) is 0 Å². The fraction of sp³-hybridized carbons (Fsp3) is 0.667. The van der Waals surface area contributed by atoms with E-state index in [2.05, 4.69) is 9.88 Å². The zero-order chi connectivity index (χ0) is 11.7. The van der Waals surface area contributed by atoms with E-state index in [-0.39, 0.29) is 6.03 Å². The SMILES string of the molecule is O=C(N1CCCN2CCCC2C1)n1ccnc1. The number of carbonyl (C=O) groups is 1. The number of amides is 1. The molecule has 0 bridgehead atoms. The first-order chi connectivity index (χ1) is 8.34. The van der Waals surface area contributed by atoms with Crippen molar-refractivity contribution in [2.24, 2.45) is 0 Å². The number of aromatic nitrogens is 2. The molecule has 1 aromatic heterocycles. The van der Waals surface area contributed by atoms with Gasteiger partial charge in [0.25, 0.3) is 0 Å². The van der Waals surface area contributed by atoms with Crippen molar-refractivity contribution in [2.45, 2.75) is 25.3 Å². The van der Waals surface area contributed by atoms with Gasteiger partial charge in [0.1, 0.15) is 6.33 Å². The molecule has 1 aromatic rings. The minimum absolute atomic E-state index is 0.0660. The van der Waals surface area contributed by atoms with Gasteiger partial charge in [-0.15, -0.1) is 0 Å². The summed E-state index contributed by atoms with van der Waals surface area (Å²) in [6.45, 7) is 4.08. The number of nitrogens with zero attached hydrogens (tertiary/aromatic N) is 4. The molecular weight excluding hydrogens is 216 g/mol. The minimum Gasteiger partial charge on any atom is -0.322 e. The summed E-state index contributed by atoms with van der Waals surface area (Å²) in [6.07, 6.45) is 8.54. The highest BCUT2D eigenvalue weighted by Gasteiger charge is 2.30. The van der Waals surface area contributed by atoms with Crippen molar-refractivity contribution in [1.82, 2.24) is 19.4 Å². The lowest BCUT2D eigenvalue weighted by atomic mass is 10.2. The maximum atomic E-state index is 12.2. The molecule has 2 fully saturated rings. The summed E-state index contributed by atoms with van der Waals surface area (Å²) in [4.78, 5) is 20.7. The standard InChI is InChI=1S/C12H18N4O/c17-12(16-8-4-13-10-16)15-7-2-6-14-5-1-3-11(14)9-15/h4,8,10-11H,1-3,5-7,9H2. The summed E-state index contributed by atoms with van der Waals surface area (Å²) >= 11 is 0. The molecule has 1 unspecified atom stereocenters.